The summed E-state index contributed by atoms with van der Waals surface area (Å²) in [7, 11) is 0. The Kier molecular flexibility index (Phi) is 5.26. The number of rotatable bonds is 3. The second kappa shape index (κ2) is 7.87. The van der Waals surface area contributed by atoms with Crippen LogP contribution in [0, 0.1) is 12.7 Å². The molecule has 0 spiro atoms. The third-order valence-corrected chi connectivity index (χ3v) is 5.50. The van der Waals surface area contributed by atoms with Gasteiger partial charge in [0.2, 0.25) is 5.91 Å². The highest BCUT2D eigenvalue weighted by atomic mass is 35.5. The average molecular weight is 427 g/mol. The van der Waals surface area contributed by atoms with E-state index in [0.717, 1.165) is 11.2 Å². The van der Waals surface area contributed by atoms with Crippen molar-refractivity contribution in [2.45, 2.75) is 6.92 Å². The summed E-state index contributed by atoms with van der Waals surface area (Å²) in [5, 5.41) is 1.08. The van der Waals surface area contributed by atoms with Crippen LogP contribution in [0.1, 0.15) is 5.56 Å². The van der Waals surface area contributed by atoms with Crippen LogP contribution in [0.2, 0.25) is 5.02 Å². The zero-order valence-electron chi connectivity index (χ0n) is 16.4. The van der Waals surface area contributed by atoms with Crippen LogP contribution < -0.4 is 10.6 Å². The predicted octanol–water partition coefficient (Wildman–Crippen LogP) is 3.21. The number of carbonyl (C=O) groups is 1. The fraction of sp³-hybridized carbons (Fsp3) is 0.238. The fourth-order valence-electron chi connectivity index (χ4n) is 3.63. The van der Waals surface area contributed by atoms with Crippen molar-refractivity contribution in [1.82, 2.24) is 19.9 Å². The van der Waals surface area contributed by atoms with E-state index in [1.807, 2.05) is 0 Å². The number of pyridine rings is 1. The molecule has 1 aromatic carbocycles. The van der Waals surface area contributed by atoms with Crippen LogP contribution in [0.25, 0.3) is 22.2 Å². The second-order valence-electron chi connectivity index (χ2n) is 7.09. The zero-order chi connectivity index (χ0) is 21.4. The molecule has 7 nitrogen and oxygen atoms in total. The molecule has 1 saturated heterocycles. The highest BCUT2D eigenvalue weighted by Crippen LogP contribution is 2.36. The number of aromatic nitrogens is 3. The number of hydrogen-bond donors (Lipinski definition) is 1. The van der Waals surface area contributed by atoms with E-state index in [9.17, 15) is 9.18 Å². The summed E-state index contributed by atoms with van der Waals surface area (Å²) in [4.78, 5) is 28.5. The van der Waals surface area contributed by atoms with Gasteiger partial charge >= 0.3 is 0 Å². The van der Waals surface area contributed by atoms with Crippen molar-refractivity contribution in [3.63, 3.8) is 0 Å². The lowest BCUT2D eigenvalue weighted by Crippen LogP contribution is -2.48. The Hall–Kier alpha value is -3.26. The fourth-order valence-corrected chi connectivity index (χ4v) is 3.88. The molecule has 1 fully saturated rings. The first-order chi connectivity index (χ1) is 14.4. The van der Waals surface area contributed by atoms with Crippen LogP contribution in [-0.4, -0.2) is 51.9 Å². The van der Waals surface area contributed by atoms with Gasteiger partial charge in [0.25, 0.3) is 0 Å². The van der Waals surface area contributed by atoms with E-state index in [1.54, 1.807) is 24.0 Å². The van der Waals surface area contributed by atoms with E-state index < -0.39 is 5.82 Å². The number of amides is 1. The normalized spacial score (nSPS) is 14.2. The SMILES string of the molecule is C=CC(=O)N1CCN(c2ncnc3cc(-c4nc(N)cc(C)c4F)c(Cl)cc23)CC1. The molecule has 2 aromatic heterocycles. The molecule has 2 N–H and O–H groups in total. The molecule has 1 aliphatic rings. The minimum Gasteiger partial charge on any atom is -0.384 e. The van der Waals surface area contributed by atoms with Gasteiger partial charge in [-0.3, -0.25) is 4.79 Å². The van der Waals surface area contributed by atoms with Gasteiger partial charge in [-0.05, 0) is 36.8 Å². The van der Waals surface area contributed by atoms with Crippen molar-refractivity contribution < 1.29 is 9.18 Å². The van der Waals surface area contributed by atoms with E-state index in [0.29, 0.717) is 47.8 Å². The maximum atomic E-state index is 14.7. The molecule has 1 amide bonds. The van der Waals surface area contributed by atoms with Crippen molar-refractivity contribution in [2.24, 2.45) is 0 Å². The molecule has 0 saturated carbocycles. The number of fused-ring (bicyclic) bond motifs is 1. The summed E-state index contributed by atoms with van der Waals surface area (Å²) >= 11 is 6.52. The molecule has 0 radical (unpaired) electrons. The number of aryl methyl sites for hydroxylation is 1. The van der Waals surface area contributed by atoms with E-state index in [2.05, 4.69) is 26.4 Å². The molecular weight excluding hydrogens is 407 g/mol. The third kappa shape index (κ3) is 3.54. The topological polar surface area (TPSA) is 88.2 Å². The van der Waals surface area contributed by atoms with Crippen molar-refractivity contribution in [3.05, 3.63) is 53.6 Å². The van der Waals surface area contributed by atoms with Crippen molar-refractivity contribution in [1.29, 1.82) is 0 Å². The predicted molar refractivity (Wildman–Crippen MR) is 116 cm³/mol. The van der Waals surface area contributed by atoms with Crippen LogP contribution in [0.5, 0.6) is 0 Å². The largest absolute Gasteiger partial charge is 0.384 e. The van der Waals surface area contributed by atoms with E-state index in [1.165, 1.54) is 18.5 Å². The summed E-state index contributed by atoms with van der Waals surface area (Å²) in [6.45, 7) is 7.54. The van der Waals surface area contributed by atoms with Gasteiger partial charge in [0.05, 0.1) is 10.5 Å². The van der Waals surface area contributed by atoms with Gasteiger partial charge in [0, 0.05) is 37.1 Å². The molecule has 9 heteroatoms. The Bertz CT molecular complexity index is 1160. The third-order valence-electron chi connectivity index (χ3n) is 5.18. The number of nitrogens with two attached hydrogens (primary N) is 1. The first-order valence-corrected chi connectivity index (χ1v) is 9.80. The summed E-state index contributed by atoms with van der Waals surface area (Å²) < 4.78 is 14.7. The first-order valence-electron chi connectivity index (χ1n) is 9.42. The Morgan fingerprint density at radius 1 is 1.23 bits per heavy atom. The standard InChI is InChI=1S/C21H20ClFN6O/c1-3-18(30)28-4-6-29(7-5-28)21-14-9-15(22)13(10-16(14)25-11-26-21)20-19(23)12(2)8-17(24)27-20/h3,8-11H,1,4-7H2,2H3,(H2,24,27). The summed E-state index contributed by atoms with van der Waals surface area (Å²) in [5.74, 6) is 0.385. The summed E-state index contributed by atoms with van der Waals surface area (Å²) in [5.41, 5.74) is 7.33. The number of carbonyl (C=O) groups excluding carboxylic acids is 1. The lowest BCUT2D eigenvalue weighted by atomic mass is 10.1. The minimum absolute atomic E-state index is 0.0816. The van der Waals surface area contributed by atoms with Gasteiger partial charge in [-0.25, -0.2) is 19.3 Å². The van der Waals surface area contributed by atoms with Crippen LogP contribution in [0.3, 0.4) is 0 Å². The summed E-state index contributed by atoms with van der Waals surface area (Å²) in [6, 6.07) is 4.90. The Morgan fingerprint density at radius 3 is 2.67 bits per heavy atom. The van der Waals surface area contributed by atoms with Gasteiger partial charge in [0.1, 0.15) is 23.7 Å². The number of nitrogens with zero attached hydrogens (tertiary/aromatic N) is 5. The number of halogens is 2. The van der Waals surface area contributed by atoms with Gasteiger partial charge in [0.15, 0.2) is 5.82 Å². The Balaban J connectivity index is 1.73. The minimum atomic E-state index is -0.470. The monoisotopic (exact) mass is 426 g/mol. The van der Waals surface area contributed by atoms with Gasteiger partial charge < -0.3 is 15.5 Å². The molecule has 154 valence electrons. The number of hydrogen-bond acceptors (Lipinski definition) is 6. The molecule has 30 heavy (non-hydrogen) atoms. The highest BCUT2D eigenvalue weighted by molar-refractivity contribution is 6.34. The lowest BCUT2D eigenvalue weighted by molar-refractivity contribution is -0.126. The van der Waals surface area contributed by atoms with Crippen LogP contribution in [-0.2, 0) is 4.79 Å². The van der Waals surface area contributed by atoms with Crippen molar-refractivity contribution in [2.75, 3.05) is 36.8 Å². The lowest BCUT2D eigenvalue weighted by Gasteiger charge is -2.35. The number of anilines is 2. The Labute approximate surface area is 178 Å². The van der Waals surface area contributed by atoms with Crippen molar-refractivity contribution >= 4 is 40.0 Å². The molecule has 3 heterocycles. The van der Waals surface area contributed by atoms with E-state index in [-0.39, 0.29) is 17.4 Å². The summed E-state index contributed by atoms with van der Waals surface area (Å²) in [6.07, 6.45) is 2.78. The highest BCUT2D eigenvalue weighted by Gasteiger charge is 2.23. The van der Waals surface area contributed by atoms with Gasteiger partial charge in [-0.2, -0.15) is 0 Å². The quantitative estimate of drug-likeness (QED) is 0.647. The maximum Gasteiger partial charge on any atom is 0.246 e. The van der Waals surface area contributed by atoms with Crippen molar-refractivity contribution in [3.8, 4) is 11.3 Å². The smallest absolute Gasteiger partial charge is 0.246 e. The second-order valence-corrected chi connectivity index (χ2v) is 7.50. The first kappa shape index (κ1) is 20.0. The van der Waals surface area contributed by atoms with Crippen LogP contribution in [0.15, 0.2) is 37.2 Å². The molecule has 0 unspecified atom stereocenters. The van der Waals surface area contributed by atoms with E-state index in [4.69, 9.17) is 17.3 Å². The molecule has 4 rings (SSSR count). The number of piperazine rings is 1. The molecule has 1 aliphatic heterocycles. The number of nitrogen functional groups attached to an aromatic ring is 1. The van der Waals surface area contributed by atoms with Gasteiger partial charge in [-0.15, -0.1) is 0 Å². The molecule has 3 aromatic rings. The maximum absolute atomic E-state index is 14.7. The molecule has 0 aliphatic carbocycles. The molecule has 0 bridgehead atoms. The number of benzene rings is 1. The van der Waals surface area contributed by atoms with Crippen LogP contribution in [0.4, 0.5) is 16.0 Å². The van der Waals surface area contributed by atoms with Crippen LogP contribution >= 0.6 is 11.6 Å². The zero-order valence-corrected chi connectivity index (χ0v) is 17.2. The van der Waals surface area contributed by atoms with Gasteiger partial charge in [-0.1, -0.05) is 18.2 Å². The van der Waals surface area contributed by atoms with E-state index >= 15 is 0 Å². The molecular formula is C21H20ClFN6O. The molecule has 0 atom stereocenters. The average Bonchev–Trinajstić information content (AvgIpc) is 2.75. The Morgan fingerprint density at radius 2 is 1.97 bits per heavy atom.